The molecular formula is C15H21N3O2. The Morgan fingerprint density at radius 1 is 1.15 bits per heavy atom. The van der Waals surface area contributed by atoms with Crippen molar-refractivity contribution in [3.63, 3.8) is 0 Å². The van der Waals surface area contributed by atoms with Gasteiger partial charge in [-0.1, -0.05) is 12.1 Å². The Kier molecular flexibility index (Phi) is 5.26. The Morgan fingerprint density at radius 2 is 1.75 bits per heavy atom. The lowest BCUT2D eigenvalue weighted by atomic mass is 10.1. The third-order valence-corrected chi connectivity index (χ3v) is 3.48. The molecule has 0 aromatic heterocycles. The summed E-state index contributed by atoms with van der Waals surface area (Å²) in [5.74, 6) is -0.0779. The van der Waals surface area contributed by atoms with Crippen molar-refractivity contribution in [3.05, 3.63) is 35.4 Å². The number of hydrogen-bond acceptors (Lipinski definition) is 4. The lowest BCUT2D eigenvalue weighted by molar-refractivity contribution is 0.0945. The summed E-state index contributed by atoms with van der Waals surface area (Å²) in [6.45, 7) is 7.13. The standard InChI is InChI=1S/C15H21N3O2/c1-12(19)13-2-4-14(5-3-13)15(20)17-8-11-18-9-6-16-7-10-18/h2-5,16H,6-11H2,1H3,(H,17,20). The fourth-order valence-electron chi connectivity index (χ4n) is 2.22. The number of piperazine rings is 1. The quantitative estimate of drug-likeness (QED) is 0.769. The maximum atomic E-state index is 11.9. The van der Waals surface area contributed by atoms with Crippen LogP contribution >= 0.6 is 0 Å². The van der Waals surface area contributed by atoms with Crippen LogP contribution in [0.2, 0.25) is 0 Å². The zero-order valence-electron chi connectivity index (χ0n) is 11.8. The van der Waals surface area contributed by atoms with Gasteiger partial charge in [-0.3, -0.25) is 14.5 Å². The molecule has 1 aromatic carbocycles. The van der Waals surface area contributed by atoms with E-state index in [1.807, 2.05) is 0 Å². The first-order valence-electron chi connectivity index (χ1n) is 6.99. The van der Waals surface area contributed by atoms with Gasteiger partial charge < -0.3 is 10.6 Å². The second-order valence-electron chi connectivity index (χ2n) is 4.98. The van der Waals surface area contributed by atoms with Crippen LogP contribution in [0, 0.1) is 0 Å². The van der Waals surface area contributed by atoms with Gasteiger partial charge in [-0.15, -0.1) is 0 Å². The molecule has 0 aliphatic carbocycles. The monoisotopic (exact) mass is 275 g/mol. The minimum Gasteiger partial charge on any atom is -0.351 e. The zero-order valence-corrected chi connectivity index (χ0v) is 11.8. The number of carbonyl (C=O) groups is 2. The van der Waals surface area contributed by atoms with Crippen molar-refractivity contribution in [2.24, 2.45) is 0 Å². The molecule has 1 aliphatic heterocycles. The van der Waals surface area contributed by atoms with Gasteiger partial charge in [0.05, 0.1) is 0 Å². The number of ketones is 1. The molecule has 1 heterocycles. The van der Waals surface area contributed by atoms with Crippen molar-refractivity contribution < 1.29 is 9.59 Å². The molecule has 2 rings (SSSR count). The Balaban J connectivity index is 1.77. The smallest absolute Gasteiger partial charge is 0.251 e. The van der Waals surface area contributed by atoms with Crippen molar-refractivity contribution >= 4 is 11.7 Å². The molecule has 0 bridgehead atoms. The first-order valence-corrected chi connectivity index (χ1v) is 6.99. The molecule has 0 atom stereocenters. The Morgan fingerprint density at radius 3 is 2.35 bits per heavy atom. The minimum absolute atomic E-state index is 0.00988. The Labute approximate surface area is 119 Å². The molecular weight excluding hydrogens is 254 g/mol. The summed E-state index contributed by atoms with van der Waals surface area (Å²) in [7, 11) is 0. The van der Waals surface area contributed by atoms with Crippen molar-refractivity contribution in [1.29, 1.82) is 0 Å². The highest BCUT2D eigenvalue weighted by atomic mass is 16.1. The third kappa shape index (κ3) is 4.15. The van der Waals surface area contributed by atoms with Crippen LogP contribution in [0.1, 0.15) is 27.6 Å². The van der Waals surface area contributed by atoms with Gasteiger partial charge in [-0.2, -0.15) is 0 Å². The van der Waals surface area contributed by atoms with Crippen molar-refractivity contribution in [2.45, 2.75) is 6.92 Å². The van der Waals surface area contributed by atoms with Crippen LogP contribution in [0.3, 0.4) is 0 Å². The number of nitrogens with zero attached hydrogens (tertiary/aromatic N) is 1. The van der Waals surface area contributed by atoms with Gasteiger partial charge in [0.15, 0.2) is 5.78 Å². The largest absolute Gasteiger partial charge is 0.351 e. The fraction of sp³-hybridized carbons (Fsp3) is 0.467. The van der Waals surface area contributed by atoms with E-state index in [-0.39, 0.29) is 11.7 Å². The average molecular weight is 275 g/mol. The SMILES string of the molecule is CC(=O)c1ccc(C(=O)NCCN2CCNCC2)cc1. The van der Waals surface area contributed by atoms with E-state index in [2.05, 4.69) is 15.5 Å². The second-order valence-corrected chi connectivity index (χ2v) is 4.98. The van der Waals surface area contributed by atoms with E-state index in [1.54, 1.807) is 24.3 Å². The molecule has 1 amide bonds. The average Bonchev–Trinajstić information content (AvgIpc) is 2.48. The van der Waals surface area contributed by atoms with Crippen molar-refractivity contribution in [2.75, 3.05) is 39.3 Å². The number of hydrogen-bond donors (Lipinski definition) is 2. The number of nitrogens with one attached hydrogen (secondary N) is 2. The van der Waals surface area contributed by atoms with Crippen molar-refractivity contribution in [3.8, 4) is 0 Å². The molecule has 108 valence electrons. The summed E-state index contributed by atoms with van der Waals surface area (Å²) in [6, 6.07) is 6.76. The predicted octanol–water partition coefficient (Wildman–Crippen LogP) is 0.524. The topological polar surface area (TPSA) is 61.4 Å². The summed E-state index contributed by atoms with van der Waals surface area (Å²) in [6.07, 6.45) is 0. The maximum Gasteiger partial charge on any atom is 0.251 e. The molecule has 0 spiro atoms. The lowest BCUT2D eigenvalue weighted by Crippen LogP contribution is -2.46. The number of Topliss-reactive ketones (excluding diaryl/α,β-unsaturated/α-hetero) is 1. The molecule has 0 saturated carbocycles. The van der Waals surface area contributed by atoms with Crippen LogP contribution in [0.15, 0.2) is 24.3 Å². The van der Waals surface area contributed by atoms with E-state index < -0.39 is 0 Å². The number of carbonyl (C=O) groups excluding carboxylic acids is 2. The normalized spacial score (nSPS) is 15.8. The lowest BCUT2D eigenvalue weighted by Gasteiger charge is -2.27. The summed E-state index contributed by atoms with van der Waals surface area (Å²) in [5.41, 5.74) is 1.22. The summed E-state index contributed by atoms with van der Waals surface area (Å²) in [4.78, 5) is 25.4. The summed E-state index contributed by atoms with van der Waals surface area (Å²) in [5, 5.41) is 6.21. The van der Waals surface area contributed by atoms with Crippen LogP contribution in [0.5, 0.6) is 0 Å². The molecule has 0 radical (unpaired) electrons. The van der Waals surface area contributed by atoms with E-state index >= 15 is 0 Å². The first kappa shape index (κ1) is 14.7. The third-order valence-electron chi connectivity index (χ3n) is 3.48. The van der Waals surface area contributed by atoms with Crippen LogP contribution < -0.4 is 10.6 Å². The molecule has 20 heavy (non-hydrogen) atoms. The van der Waals surface area contributed by atoms with E-state index in [0.29, 0.717) is 17.7 Å². The van der Waals surface area contributed by atoms with Gasteiger partial charge >= 0.3 is 0 Å². The van der Waals surface area contributed by atoms with Crippen LogP contribution in [-0.2, 0) is 0 Å². The van der Waals surface area contributed by atoms with E-state index in [4.69, 9.17) is 0 Å². The van der Waals surface area contributed by atoms with Gasteiger partial charge in [0.2, 0.25) is 0 Å². The van der Waals surface area contributed by atoms with Crippen molar-refractivity contribution in [1.82, 2.24) is 15.5 Å². The van der Waals surface area contributed by atoms with E-state index in [1.165, 1.54) is 6.92 Å². The summed E-state index contributed by atoms with van der Waals surface area (Å²) >= 11 is 0. The molecule has 0 unspecified atom stereocenters. The second kappa shape index (κ2) is 7.17. The van der Waals surface area contributed by atoms with Gasteiger partial charge in [-0.05, 0) is 19.1 Å². The zero-order chi connectivity index (χ0) is 14.4. The minimum atomic E-state index is -0.0877. The maximum absolute atomic E-state index is 11.9. The predicted molar refractivity (Wildman–Crippen MR) is 78.1 cm³/mol. The fourth-order valence-corrected chi connectivity index (χ4v) is 2.22. The van der Waals surface area contributed by atoms with E-state index in [0.717, 1.165) is 32.7 Å². The Hall–Kier alpha value is -1.72. The van der Waals surface area contributed by atoms with Gasteiger partial charge in [0, 0.05) is 50.4 Å². The molecule has 1 aliphatic rings. The van der Waals surface area contributed by atoms with E-state index in [9.17, 15) is 9.59 Å². The molecule has 1 saturated heterocycles. The molecule has 5 heteroatoms. The molecule has 1 fully saturated rings. The molecule has 2 N–H and O–H groups in total. The van der Waals surface area contributed by atoms with Crippen LogP contribution in [0.25, 0.3) is 0 Å². The highest BCUT2D eigenvalue weighted by Gasteiger charge is 2.10. The number of amides is 1. The van der Waals surface area contributed by atoms with Crippen LogP contribution in [-0.4, -0.2) is 55.9 Å². The highest BCUT2D eigenvalue weighted by Crippen LogP contribution is 2.05. The summed E-state index contributed by atoms with van der Waals surface area (Å²) < 4.78 is 0. The number of rotatable bonds is 5. The van der Waals surface area contributed by atoms with Gasteiger partial charge in [-0.25, -0.2) is 0 Å². The van der Waals surface area contributed by atoms with Gasteiger partial charge in [0.1, 0.15) is 0 Å². The Bertz CT molecular complexity index is 465. The highest BCUT2D eigenvalue weighted by molar-refractivity contribution is 5.97. The molecule has 1 aromatic rings. The van der Waals surface area contributed by atoms with Gasteiger partial charge in [0.25, 0.3) is 5.91 Å². The first-order chi connectivity index (χ1) is 9.66. The number of benzene rings is 1. The molecule has 5 nitrogen and oxygen atoms in total. The van der Waals surface area contributed by atoms with Crippen LogP contribution in [0.4, 0.5) is 0 Å².